The van der Waals surface area contributed by atoms with E-state index in [9.17, 15) is 0 Å². The maximum atomic E-state index is 9.12. The second-order valence-corrected chi connectivity index (χ2v) is 2.99. The van der Waals surface area contributed by atoms with Gasteiger partial charge in [-0.15, -0.1) is 0 Å². The number of rotatable bonds is 3. The maximum Gasteiger partial charge on any atom is 0.0540 e. The molecule has 0 radical (unpaired) electrons. The standard InChI is InChI=1S/C8H18O/c1-5-6(2)7(3)8(4)9/h6-9H,5H2,1-4H3/t6?,7-,8+/m1/s1. The van der Waals surface area contributed by atoms with Crippen molar-refractivity contribution < 1.29 is 5.11 Å². The molecule has 0 fully saturated rings. The van der Waals surface area contributed by atoms with Gasteiger partial charge in [-0.2, -0.15) is 0 Å². The van der Waals surface area contributed by atoms with Crippen molar-refractivity contribution in [2.75, 3.05) is 0 Å². The van der Waals surface area contributed by atoms with Crippen molar-refractivity contribution in [1.82, 2.24) is 0 Å². The summed E-state index contributed by atoms with van der Waals surface area (Å²) < 4.78 is 0. The lowest BCUT2D eigenvalue weighted by Gasteiger charge is -2.20. The van der Waals surface area contributed by atoms with E-state index in [2.05, 4.69) is 20.8 Å². The van der Waals surface area contributed by atoms with E-state index in [4.69, 9.17) is 5.11 Å². The predicted molar refractivity (Wildman–Crippen MR) is 40.3 cm³/mol. The average molecular weight is 130 g/mol. The van der Waals surface area contributed by atoms with Crippen LogP contribution in [-0.4, -0.2) is 11.2 Å². The number of hydrogen-bond acceptors (Lipinski definition) is 1. The highest BCUT2D eigenvalue weighted by atomic mass is 16.3. The molecule has 0 heterocycles. The molecule has 0 aromatic carbocycles. The van der Waals surface area contributed by atoms with Gasteiger partial charge in [-0.05, 0) is 18.8 Å². The van der Waals surface area contributed by atoms with Crippen molar-refractivity contribution in [3.05, 3.63) is 0 Å². The average Bonchev–Trinajstić information content (AvgIpc) is 1.84. The summed E-state index contributed by atoms with van der Waals surface area (Å²) >= 11 is 0. The molecule has 0 aliphatic carbocycles. The van der Waals surface area contributed by atoms with Gasteiger partial charge in [0.1, 0.15) is 0 Å². The van der Waals surface area contributed by atoms with E-state index in [1.165, 1.54) is 0 Å². The minimum Gasteiger partial charge on any atom is -0.393 e. The fourth-order valence-corrected chi connectivity index (χ4v) is 0.847. The van der Waals surface area contributed by atoms with Gasteiger partial charge in [0.15, 0.2) is 0 Å². The molecule has 0 aliphatic rings. The smallest absolute Gasteiger partial charge is 0.0540 e. The van der Waals surface area contributed by atoms with Gasteiger partial charge >= 0.3 is 0 Å². The Morgan fingerprint density at radius 1 is 1.22 bits per heavy atom. The molecule has 0 aromatic heterocycles. The third-order valence-corrected chi connectivity index (χ3v) is 2.30. The van der Waals surface area contributed by atoms with E-state index >= 15 is 0 Å². The third-order valence-electron chi connectivity index (χ3n) is 2.30. The summed E-state index contributed by atoms with van der Waals surface area (Å²) in [5, 5.41) is 9.12. The SMILES string of the molecule is CCC(C)[C@@H](C)[C@H](C)O. The van der Waals surface area contributed by atoms with Crippen LogP contribution in [0.1, 0.15) is 34.1 Å². The Labute approximate surface area is 58.1 Å². The number of aliphatic hydroxyl groups is 1. The van der Waals surface area contributed by atoms with Crippen LogP contribution < -0.4 is 0 Å². The Bertz CT molecular complexity index is 69.0. The predicted octanol–water partition coefficient (Wildman–Crippen LogP) is 2.05. The summed E-state index contributed by atoms with van der Waals surface area (Å²) in [4.78, 5) is 0. The molecule has 0 aliphatic heterocycles. The second kappa shape index (κ2) is 3.89. The first-order valence-corrected chi connectivity index (χ1v) is 3.77. The van der Waals surface area contributed by atoms with E-state index in [1.54, 1.807) is 0 Å². The van der Waals surface area contributed by atoms with Gasteiger partial charge in [-0.1, -0.05) is 27.2 Å². The van der Waals surface area contributed by atoms with Gasteiger partial charge in [0.25, 0.3) is 0 Å². The van der Waals surface area contributed by atoms with Crippen LogP contribution >= 0.6 is 0 Å². The topological polar surface area (TPSA) is 20.2 Å². The lowest BCUT2D eigenvalue weighted by atomic mass is 9.90. The highest BCUT2D eigenvalue weighted by molar-refractivity contribution is 4.64. The first kappa shape index (κ1) is 8.96. The Morgan fingerprint density at radius 2 is 1.67 bits per heavy atom. The molecular formula is C8H18O. The van der Waals surface area contributed by atoms with Crippen LogP contribution in [0.5, 0.6) is 0 Å². The third kappa shape index (κ3) is 2.85. The molecule has 1 nitrogen and oxygen atoms in total. The van der Waals surface area contributed by atoms with Crippen molar-refractivity contribution in [2.45, 2.75) is 40.2 Å². The van der Waals surface area contributed by atoms with Crippen molar-refractivity contribution in [1.29, 1.82) is 0 Å². The van der Waals surface area contributed by atoms with Crippen molar-refractivity contribution in [2.24, 2.45) is 11.8 Å². The zero-order chi connectivity index (χ0) is 7.44. The molecule has 56 valence electrons. The molecule has 1 unspecified atom stereocenters. The first-order chi connectivity index (χ1) is 4.09. The van der Waals surface area contributed by atoms with Crippen LogP contribution in [0, 0.1) is 11.8 Å². The number of hydrogen-bond donors (Lipinski definition) is 1. The minimum atomic E-state index is -0.153. The summed E-state index contributed by atoms with van der Waals surface area (Å²) in [6.45, 7) is 8.29. The van der Waals surface area contributed by atoms with Crippen LogP contribution in [0.2, 0.25) is 0 Å². The molecule has 0 aromatic rings. The molecule has 0 amide bonds. The van der Waals surface area contributed by atoms with E-state index < -0.39 is 0 Å². The summed E-state index contributed by atoms with van der Waals surface area (Å²) in [7, 11) is 0. The molecule has 1 heteroatoms. The molecule has 0 saturated carbocycles. The lowest BCUT2D eigenvalue weighted by Crippen LogP contribution is -2.19. The molecule has 3 atom stereocenters. The van der Waals surface area contributed by atoms with E-state index in [0.29, 0.717) is 11.8 Å². The van der Waals surface area contributed by atoms with Gasteiger partial charge in [-0.3, -0.25) is 0 Å². The lowest BCUT2D eigenvalue weighted by molar-refractivity contribution is 0.102. The van der Waals surface area contributed by atoms with Crippen molar-refractivity contribution in [3.63, 3.8) is 0 Å². The Kier molecular flexibility index (Phi) is 3.87. The second-order valence-electron chi connectivity index (χ2n) is 2.99. The zero-order valence-corrected chi connectivity index (χ0v) is 6.89. The maximum absolute atomic E-state index is 9.12. The fourth-order valence-electron chi connectivity index (χ4n) is 0.847. The Balaban J connectivity index is 3.58. The van der Waals surface area contributed by atoms with Crippen molar-refractivity contribution >= 4 is 0 Å². The van der Waals surface area contributed by atoms with E-state index in [-0.39, 0.29) is 6.10 Å². The van der Waals surface area contributed by atoms with E-state index in [1.807, 2.05) is 6.92 Å². The largest absolute Gasteiger partial charge is 0.393 e. The molecular weight excluding hydrogens is 112 g/mol. The fraction of sp³-hybridized carbons (Fsp3) is 1.00. The highest BCUT2D eigenvalue weighted by Gasteiger charge is 2.14. The summed E-state index contributed by atoms with van der Waals surface area (Å²) in [6.07, 6.45) is 1.01. The Hall–Kier alpha value is -0.0400. The van der Waals surface area contributed by atoms with Crippen LogP contribution in [0.3, 0.4) is 0 Å². The van der Waals surface area contributed by atoms with Gasteiger partial charge in [0.2, 0.25) is 0 Å². The van der Waals surface area contributed by atoms with Gasteiger partial charge in [-0.25, -0.2) is 0 Å². The Morgan fingerprint density at radius 3 is 1.78 bits per heavy atom. The van der Waals surface area contributed by atoms with Gasteiger partial charge in [0.05, 0.1) is 6.10 Å². The zero-order valence-electron chi connectivity index (χ0n) is 6.89. The summed E-state index contributed by atoms with van der Waals surface area (Å²) in [5.41, 5.74) is 0. The van der Waals surface area contributed by atoms with Gasteiger partial charge in [0, 0.05) is 0 Å². The molecule has 9 heavy (non-hydrogen) atoms. The van der Waals surface area contributed by atoms with Crippen LogP contribution in [0.15, 0.2) is 0 Å². The number of aliphatic hydroxyl groups excluding tert-OH is 1. The van der Waals surface area contributed by atoms with Gasteiger partial charge < -0.3 is 5.11 Å². The monoisotopic (exact) mass is 130 g/mol. The van der Waals surface area contributed by atoms with Crippen molar-refractivity contribution in [3.8, 4) is 0 Å². The first-order valence-electron chi connectivity index (χ1n) is 3.77. The van der Waals surface area contributed by atoms with Crippen LogP contribution in [0.25, 0.3) is 0 Å². The van der Waals surface area contributed by atoms with E-state index in [0.717, 1.165) is 6.42 Å². The normalized spacial score (nSPS) is 21.0. The molecule has 0 spiro atoms. The summed E-state index contributed by atoms with van der Waals surface area (Å²) in [6, 6.07) is 0. The molecule has 0 bridgehead atoms. The molecule has 1 N–H and O–H groups in total. The summed E-state index contributed by atoms with van der Waals surface area (Å²) in [5.74, 6) is 1.08. The minimum absolute atomic E-state index is 0.153. The van der Waals surface area contributed by atoms with Crippen LogP contribution in [0.4, 0.5) is 0 Å². The molecule has 0 saturated heterocycles. The highest BCUT2D eigenvalue weighted by Crippen LogP contribution is 2.17. The quantitative estimate of drug-likeness (QED) is 0.620. The molecule has 0 rings (SSSR count). The van der Waals surface area contributed by atoms with Crippen LogP contribution in [-0.2, 0) is 0 Å².